The second kappa shape index (κ2) is 5.57. The highest BCUT2D eigenvalue weighted by atomic mass is 19.4. The molecule has 0 spiro atoms. The largest absolute Gasteiger partial charge is 0.416 e. The van der Waals surface area contributed by atoms with Gasteiger partial charge in [-0.25, -0.2) is 18.3 Å². The molecule has 0 radical (unpaired) electrons. The highest BCUT2D eigenvalue weighted by Gasteiger charge is 2.32. The summed E-state index contributed by atoms with van der Waals surface area (Å²) in [6, 6.07) is 4.14. The molecule has 23 heavy (non-hydrogen) atoms. The van der Waals surface area contributed by atoms with Gasteiger partial charge >= 0.3 is 6.18 Å². The molecule has 1 aromatic carbocycles. The summed E-state index contributed by atoms with van der Waals surface area (Å²) in [6.45, 7) is 0.380. The Kier molecular flexibility index (Phi) is 3.71. The first-order chi connectivity index (χ1) is 10.8. The van der Waals surface area contributed by atoms with E-state index in [1.54, 1.807) is 33.9 Å². The zero-order valence-corrected chi connectivity index (χ0v) is 12.8. The summed E-state index contributed by atoms with van der Waals surface area (Å²) >= 11 is 0. The minimum Gasteiger partial charge on any atom is -0.240 e. The van der Waals surface area contributed by atoms with Gasteiger partial charge in [-0.3, -0.25) is 0 Å². The van der Waals surface area contributed by atoms with Gasteiger partial charge in [0.25, 0.3) is 0 Å². The van der Waals surface area contributed by atoms with Gasteiger partial charge in [0.2, 0.25) is 12.7 Å². The van der Waals surface area contributed by atoms with Crippen LogP contribution in [0, 0.1) is 0 Å². The van der Waals surface area contributed by atoms with Crippen LogP contribution in [-0.4, -0.2) is 9.13 Å². The highest BCUT2D eigenvalue weighted by molar-refractivity contribution is 5.41. The van der Waals surface area contributed by atoms with Crippen LogP contribution in [0.25, 0.3) is 5.69 Å². The van der Waals surface area contributed by atoms with Gasteiger partial charge in [-0.1, -0.05) is 0 Å². The fourth-order valence-corrected chi connectivity index (χ4v) is 2.49. The van der Waals surface area contributed by atoms with Crippen molar-refractivity contribution in [2.45, 2.75) is 12.7 Å². The maximum atomic E-state index is 13.2. The van der Waals surface area contributed by atoms with E-state index >= 15 is 0 Å². The molecular weight excluding hydrogens is 305 g/mol. The smallest absolute Gasteiger partial charge is 0.240 e. The van der Waals surface area contributed by atoms with Gasteiger partial charge in [-0.2, -0.15) is 13.2 Å². The lowest BCUT2D eigenvalue weighted by molar-refractivity contribution is -0.671. The van der Waals surface area contributed by atoms with E-state index in [-0.39, 0.29) is 0 Å². The van der Waals surface area contributed by atoms with E-state index in [0.29, 0.717) is 17.8 Å². The van der Waals surface area contributed by atoms with Crippen molar-refractivity contribution in [1.29, 1.82) is 0 Å². The Hall–Kier alpha value is -2.57. The number of imidazole rings is 2. The second-order valence-electron chi connectivity index (χ2n) is 5.62. The van der Waals surface area contributed by atoms with Crippen molar-refractivity contribution in [3.05, 3.63) is 66.8 Å². The third-order valence-corrected chi connectivity index (χ3v) is 3.56. The van der Waals surface area contributed by atoms with E-state index in [4.69, 9.17) is 0 Å². The Labute approximate surface area is 131 Å². The van der Waals surface area contributed by atoms with Crippen LogP contribution < -0.4 is 9.13 Å². The van der Waals surface area contributed by atoms with Crippen LogP contribution in [0.15, 0.2) is 55.6 Å². The highest BCUT2D eigenvalue weighted by Crippen LogP contribution is 2.31. The fraction of sp³-hybridized carbons (Fsp3) is 0.250. The number of alkyl halides is 3. The molecule has 0 saturated carbocycles. The van der Waals surface area contributed by atoms with E-state index in [0.717, 1.165) is 0 Å². The predicted octanol–water partition coefficient (Wildman–Crippen LogP) is 1.99. The molecular formula is C16H17F3N4+2. The van der Waals surface area contributed by atoms with Crippen molar-refractivity contribution < 1.29 is 22.3 Å². The van der Waals surface area contributed by atoms with Crippen LogP contribution in [0.2, 0.25) is 0 Å². The molecule has 3 aromatic rings. The molecule has 2 aromatic heterocycles. The van der Waals surface area contributed by atoms with Crippen LogP contribution in [0.1, 0.15) is 11.1 Å². The molecule has 0 saturated heterocycles. The summed E-state index contributed by atoms with van der Waals surface area (Å²) in [5.41, 5.74) is 0.451. The van der Waals surface area contributed by atoms with E-state index in [1.165, 1.54) is 12.1 Å². The van der Waals surface area contributed by atoms with Gasteiger partial charge < -0.3 is 0 Å². The number of hydrogen-bond donors (Lipinski definition) is 0. The Bertz CT molecular complexity index is 830. The van der Waals surface area contributed by atoms with Crippen LogP contribution in [-0.2, 0) is 26.8 Å². The van der Waals surface area contributed by atoms with E-state index in [9.17, 15) is 13.2 Å². The SMILES string of the molecule is C[n+]1ccn(Cc2cc(-n3cc[n+](C)c3)cc(C(F)(F)F)c2)c1. The molecule has 0 fully saturated rings. The number of rotatable bonds is 3. The summed E-state index contributed by atoms with van der Waals surface area (Å²) in [5, 5.41) is 0. The normalized spacial score (nSPS) is 11.9. The number of aryl methyl sites for hydroxylation is 2. The van der Waals surface area contributed by atoms with Crippen molar-refractivity contribution in [1.82, 2.24) is 9.13 Å². The lowest BCUT2D eigenvalue weighted by Crippen LogP contribution is -2.24. The maximum Gasteiger partial charge on any atom is 0.416 e. The van der Waals surface area contributed by atoms with Gasteiger partial charge in [0.1, 0.15) is 37.0 Å². The van der Waals surface area contributed by atoms with Crippen LogP contribution in [0.3, 0.4) is 0 Å². The molecule has 0 unspecified atom stereocenters. The number of nitrogens with zero attached hydrogens (tertiary/aromatic N) is 4. The van der Waals surface area contributed by atoms with Gasteiger partial charge in [0.05, 0.1) is 19.7 Å². The minimum absolute atomic E-state index is 0.380. The van der Waals surface area contributed by atoms with Crippen LogP contribution in [0.4, 0.5) is 13.2 Å². The van der Waals surface area contributed by atoms with Crippen molar-refractivity contribution in [2.75, 3.05) is 0 Å². The molecule has 0 aliphatic rings. The average molecular weight is 322 g/mol. The first-order valence-electron chi connectivity index (χ1n) is 7.07. The molecule has 0 N–H and O–H groups in total. The van der Waals surface area contributed by atoms with Gasteiger partial charge in [0.15, 0.2) is 0 Å². The molecule has 0 aliphatic heterocycles. The Morgan fingerprint density at radius 1 is 0.957 bits per heavy atom. The Balaban J connectivity index is 2.04. The molecule has 0 bridgehead atoms. The van der Waals surface area contributed by atoms with Crippen LogP contribution >= 0.6 is 0 Å². The average Bonchev–Trinajstić information content (AvgIpc) is 3.06. The molecule has 7 heteroatoms. The zero-order valence-electron chi connectivity index (χ0n) is 12.8. The quantitative estimate of drug-likeness (QED) is 0.657. The summed E-state index contributed by atoms with van der Waals surface area (Å²) in [7, 11) is 3.69. The molecule has 3 rings (SSSR count). The topological polar surface area (TPSA) is 17.6 Å². The minimum atomic E-state index is -4.37. The molecule has 4 nitrogen and oxygen atoms in total. The summed E-state index contributed by atoms with van der Waals surface area (Å²) in [5.74, 6) is 0. The third-order valence-electron chi connectivity index (χ3n) is 3.56. The number of aromatic nitrogens is 4. The van der Waals surface area contributed by atoms with Gasteiger partial charge in [-0.15, -0.1) is 0 Å². The summed E-state index contributed by atoms with van der Waals surface area (Å²) in [6.07, 6.45) is 6.38. The van der Waals surface area contributed by atoms with Gasteiger partial charge in [0, 0.05) is 0 Å². The number of halogens is 3. The maximum absolute atomic E-state index is 13.2. The number of benzene rings is 1. The van der Waals surface area contributed by atoms with Crippen molar-refractivity contribution >= 4 is 0 Å². The van der Waals surface area contributed by atoms with E-state index in [1.807, 2.05) is 42.0 Å². The zero-order chi connectivity index (χ0) is 16.6. The Morgan fingerprint density at radius 2 is 1.65 bits per heavy atom. The van der Waals surface area contributed by atoms with Crippen molar-refractivity contribution in [3.8, 4) is 5.69 Å². The molecule has 2 heterocycles. The van der Waals surface area contributed by atoms with Crippen LogP contribution in [0.5, 0.6) is 0 Å². The van der Waals surface area contributed by atoms with Crippen molar-refractivity contribution in [2.24, 2.45) is 14.1 Å². The monoisotopic (exact) mass is 322 g/mol. The lowest BCUT2D eigenvalue weighted by atomic mass is 10.1. The molecule has 0 amide bonds. The molecule has 0 atom stereocenters. The van der Waals surface area contributed by atoms with Gasteiger partial charge in [-0.05, 0) is 23.8 Å². The lowest BCUT2D eigenvalue weighted by Gasteiger charge is -2.10. The second-order valence-corrected chi connectivity index (χ2v) is 5.62. The molecule has 0 aliphatic carbocycles. The van der Waals surface area contributed by atoms with E-state index in [2.05, 4.69) is 0 Å². The van der Waals surface area contributed by atoms with Crippen molar-refractivity contribution in [3.63, 3.8) is 0 Å². The molecule has 120 valence electrons. The standard InChI is InChI=1S/C16H17F3N4/c1-20-3-5-22(11-20)10-13-7-14(16(17,18)19)9-15(8-13)23-6-4-21(2)12-23/h3-9,11-12H,10H2,1-2H3/q+2. The fourth-order valence-electron chi connectivity index (χ4n) is 2.49. The summed E-state index contributed by atoms with van der Waals surface area (Å²) in [4.78, 5) is 0. The summed E-state index contributed by atoms with van der Waals surface area (Å²) < 4.78 is 46.7. The number of hydrogen-bond acceptors (Lipinski definition) is 0. The first-order valence-corrected chi connectivity index (χ1v) is 7.07. The Morgan fingerprint density at radius 3 is 2.22 bits per heavy atom. The predicted molar refractivity (Wildman–Crippen MR) is 76.7 cm³/mol. The van der Waals surface area contributed by atoms with E-state index < -0.39 is 11.7 Å². The third kappa shape index (κ3) is 3.44. The first kappa shape index (κ1) is 15.3.